The molecule has 0 aromatic rings. The lowest BCUT2D eigenvalue weighted by atomic mass is 9.93. The maximum Gasteiger partial charge on any atom is 0.144 e. The van der Waals surface area contributed by atoms with Crippen molar-refractivity contribution in [3.05, 3.63) is 0 Å². The molecule has 0 saturated heterocycles. The van der Waals surface area contributed by atoms with Crippen molar-refractivity contribution in [1.82, 2.24) is 0 Å². The fraction of sp³-hybridized carbons (Fsp3) is 0.714. The van der Waals surface area contributed by atoms with Gasteiger partial charge in [-0.05, 0) is 0 Å². The molecule has 1 heterocycles. The van der Waals surface area contributed by atoms with Crippen LogP contribution in [0.25, 0.3) is 0 Å². The molecular weight excluding hydrogens is 112 g/mol. The topological polar surface area (TPSA) is 24.7 Å². The number of hydrogen-bond acceptors (Lipinski definition) is 2. The van der Waals surface area contributed by atoms with Crippen LogP contribution in [0.5, 0.6) is 0 Å². The van der Waals surface area contributed by atoms with Crippen LogP contribution in [0, 0.1) is 5.41 Å². The van der Waals surface area contributed by atoms with Crippen molar-refractivity contribution >= 4 is 12.4 Å². The molecule has 50 valence electrons. The van der Waals surface area contributed by atoms with E-state index < -0.39 is 0 Å². The zero-order valence-corrected chi connectivity index (χ0v) is 6.13. The van der Waals surface area contributed by atoms with E-state index in [-0.39, 0.29) is 11.6 Å². The molecule has 2 heteroatoms. The zero-order valence-electron chi connectivity index (χ0n) is 6.13. The highest BCUT2D eigenvalue weighted by Crippen LogP contribution is 2.23. The van der Waals surface area contributed by atoms with Gasteiger partial charge in [-0.25, -0.2) is 0 Å². The molecule has 0 unspecified atom stereocenters. The van der Waals surface area contributed by atoms with E-state index in [9.17, 15) is 0 Å². The predicted molar refractivity (Wildman–Crippen MR) is 40.2 cm³/mol. The minimum atomic E-state index is 0.150. The number of hydrogen-bond donors (Lipinski definition) is 0. The third-order valence-electron chi connectivity index (χ3n) is 1.30. The smallest absolute Gasteiger partial charge is 0.144 e. The van der Waals surface area contributed by atoms with Crippen LogP contribution in [0.2, 0.25) is 0 Å². The summed E-state index contributed by atoms with van der Waals surface area (Å²) in [7, 11) is 0. The zero-order chi connectivity index (χ0) is 6.91. The Morgan fingerprint density at radius 3 is 1.78 bits per heavy atom. The second-order valence-electron chi connectivity index (χ2n) is 3.34. The molecule has 0 bridgehead atoms. The Bertz CT molecular complexity index is 139. The Morgan fingerprint density at radius 2 is 1.56 bits per heavy atom. The highest BCUT2D eigenvalue weighted by molar-refractivity contribution is 6.17. The normalized spacial score (nSPS) is 19.4. The molecule has 0 aromatic carbocycles. The van der Waals surface area contributed by atoms with Gasteiger partial charge < -0.3 is 0 Å². The van der Waals surface area contributed by atoms with Gasteiger partial charge in [-0.3, -0.25) is 9.98 Å². The molecule has 0 fully saturated rings. The van der Waals surface area contributed by atoms with Crippen molar-refractivity contribution in [2.24, 2.45) is 15.4 Å². The molecule has 1 rings (SSSR count). The Hall–Kier alpha value is -0.660. The summed E-state index contributed by atoms with van der Waals surface area (Å²) in [5.41, 5.74) is 0.184. The first-order valence-electron chi connectivity index (χ1n) is 3.15. The average Bonchev–Trinajstić information content (AvgIpc) is 2.08. The van der Waals surface area contributed by atoms with Crippen LogP contribution in [0.15, 0.2) is 9.98 Å². The standard InChI is InChI=1S/C7H12N2/c1-7(2,3)6-8-4-5-9-6/h4-6H,1-3H3. The molecule has 1 aliphatic rings. The fourth-order valence-corrected chi connectivity index (χ4v) is 0.726. The minimum absolute atomic E-state index is 0.150. The second-order valence-corrected chi connectivity index (χ2v) is 3.34. The van der Waals surface area contributed by atoms with E-state index in [0.717, 1.165) is 0 Å². The van der Waals surface area contributed by atoms with Crippen molar-refractivity contribution in [3.8, 4) is 0 Å². The summed E-state index contributed by atoms with van der Waals surface area (Å²) in [6.07, 6.45) is 3.67. The lowest BCUT2D eigenvalue weighted by Gasteiger charge is -2.20. The quantitative estimate of drug-likeness (QED) is 0.467. The lowest BCUT2D eigenvalue weighted by molar-refractivity contribution is 0.336. The molecular formula is C7H12N2. The summed E-state index contributed by atoms with van der Waals surface area (Å²) < 4.78 is 0. The molecule has 2 nitrogen and oxygen atoms in total. The third kappa shape index (κ3) is 1.37. The summed E-state index contributed by atoms with van der Waals surface area (Å²) in [6, 6.07) is 0. The Morgan fingerprint density at radius 1 is 1.11 bits per heavy atom. The van der Waals surface area contributed by atoms with E-state index in [4.69, 9.17) is 0 Å². The van der Waals surface area contributed by atoms with E-state index >= 15 is 0 Å². The Labute approximate surface area is 55.7 Å². The van der Waals surface area contributed by atoms with Crippen molar-refractivity contribution in [3.63, 3.8) is 0 Å². The van der Waals surface area contributed by atoms with Gasteiger partial charge in [0.2, 0.25) is 0 Å². The van der Waals surface area contributed by atoms with E-state index in [2.05, 4.69) is 30.8 Å². The van der Waals surface area contributed by atoms with Crippen molar-refractivity contribution in [2.75, 3.05) is 0 Å². The number of nitrogens with zero attached hydrogens (tertiary/aromatic N) is 2. The summed E-state index contributed by atoms with van der Waals surface area (Å²) in [5.74, 6) is 0. The molecule has 0 N–H and O–H groups in total. The molecule has 0 aliphatic carbocycles. The van der Waals surface area contributed by atoms with Crippen molar-refractivity contribution < 1.29 is 0 Å². The van der Waals surface area contributed by atoms with Crippen molar-refractivity contribution in [2.45, 2.75) is 26.9 Å². The average molecular weight is 124 g/mol. The molecule has 0 spiro atoms. The van der Waals surface area contributed by atoms with Gasteiger partial charge in [0.15, 0.2) is 0 Å². The summed E-state index contributed by atoms with van der Waals surface area (Å²) >= 11 is 0. The van der Waals surface area contributed by atoms with E-state index in [1.54, 1.807) is 12.4 Å². The first-order chi connectivity index (χ1) is 4.11. The van der Waals surface area contributed by atoms with Gasteiger partial charge in [0.1, 0.15) is 6.17 Å². The van der Waals surface area contributed by atoms with Crippen LogP contribution in [0.3, 0.4) is 0 Å². The Balaban J connectivity index is 2.64. The monoisotopic (exact) mass is 124 g/mol. The van der Waals surface area contributed by atoms with Gasteiger partial charge in [-0.15, -0.1) is 0 Å². The molecule has 0 atom stereocenters. The van der Waals surface area contributed by atoms with E-state index in [1.165, 1.54) is 0 Å². The first-order valence-corrected chi connectivity index (χ1v) is 3.15. The first kappa shape index (κ1) is 6.46. The van der Waals surface area contributed by atoms with Gasteiger partial charge in [0, 0.05) is 17.8 Å². The van der Waals surface area contributed by atoms with Gasteiger partial charge in [-0.1, -0.05) is 20.8 Å². The Kier molecular flexibility index (Phi) is 1.39. The van der Waals surface area contributed by atoms with Crippen LogP contribution in [-0.4, -0.2) is 18.6 Å². The fourth-order valence-electron chi connectivity index (χ4n) is 0.726. The maximum absolute atomic E-state index is 4.16. The summed E-state index contributed by atoms with van der Waals surface area (Å²) in [4.78, 5) is 8.32. The molecule has 0 radical (unpaired) electrons. The number of rotatable bonds is 0. The minimum Gasteiger partial charge on any atom is -0.264 e. The molecule has 0 amide bonds. The molecule has 9 heavy (non-hydrogen) atoms. The van der Waals surface area contributed by atoms with Crippen LogP contribution in [0.4, 0.5) is 0 Å². The van der Waals surface area contributed by atoms with Gasteiger partial charge in [0.25, 0.3) is 0 Å². The SMILES string of the molecule is CC(C)(C)C1N=CC=N1. The molecule has 0 saturated carbocycles. The van der Waals surface area contributed by atoms with Gasteiger partial charge in [-0.2, -0.15) is 0 Å². The molecule has 1 aliphatic heterocycles. The van der Waals surface area contributed by atoms with Crippen LogP contribution < -0.4 is 0 Å². The third-order valence-corrected chi connectivity index (χ3v) is 1.30. The van der Waals surface area contributed by atoms with E-state index in [0.29, 0.717) is 0 Å². The largest absolute Gasteiger partial charge is 0.264 e. The maximum atomic E-state index is 4.16. The second kappa shape index (κ2) is 1.94. The molecule has 0 aromatic heterocycles. The van der Waals surface area contributed by atoms with Crippen LogP contribution >= 0.6 is 0 Å². The summed E-state index contributed by atoms with van der Waals surface area (Å²) in [5, 5.41) is 0. The highest BCUT2D eigenvalue weighted by Gasteiger charge is 2.23. The van der Waals surface area contributed by atoms with Gasteiger partial charge in [0.05, 0.1) is 0 Å². The number of aliphatic imine (C=N–C) groups is 2. The highest BCUT2D eigenvalue weighted by atomic mass is 15.0. The lowest BCUT2D eigenvalue weighted by Crippen LogP contribution is -2.20. The predicted octanol–water partition coefficient (Wildman–Crippen LogP) is 1.51. The van der Waals surface area contributed by atoms with Crippen LogP contribution in [0.1, 0.15) is 20.8 Å². The van der Waals surface area contributed by atoms with E-state index in [1.807, 2.05) is 0 Å². The van der Waals surface area contributed by atoms with Crippen molar-refractivity contribution in [1.29, 1.82) is 0 Å². The van der Waals surface area contributed by atoms with Crippen LogP contribution in [-0.2, 0) is 0 Å². The van der Waals surface area contributed by atoms with Gasteiger partial charge >= 0.3 is 0 Å². The summed E-state index contributed by atoms with van der Waals surface area (Å²) in [6.45, 7) is 6.41.